The van der Waals surface area contributed by atoms with Crippen molar-refractivity contribution in [2.45, 2.75) is 136 Å². The number of carbonyl (C=O) groups is 1. The standard InChI is InChI=1S/C35H60O4/c1-3-5-7-9-11-13-14-15-16-17-18-19-20-21-22-23-24-26-28-30-35(37)39-34(32-36)33-38-31-29-27-25-12-10-8-6-4-2/h5,7,11,13,15-16,18-19,21-22,34,36H,3-4,6,8-10,12,14,17,20,23-33H2,1-2H3/b7-5-,13-11-,16-15-,19-18-,22-21-. The van der Waals surface area contributed by atoms with Crippen molar-refractivity contribution in [3.05, 3.63) is 60.8 Å². The van der Waals surface area contributed by atoms with E-state index in [1.54, 1.807) is 0 Å². The highest BCUT2D eigenvalue weighted by atomic mass is 16.6. The summed E-state index contributed by atoms with van der Waals surface area (Å²) in [6.45, 7) is 5.15. The number of allylic oxidation sites excluding steroid dienone is 10. The molecule has 0 aromatic heterocycles. The fourth-order valence-corrected chi connectivity index (χ4v) is 4.00. The van der Waals surface area contributed by atoms with Gasteiger partial charge in [-0.15, -0.1) is 0 Å². The molecular weight excluding hydrogens is 484 g/mol. The first kappa shape index (κ1) is 37.1. The number of aliphatic hydroxyl groups excluding tert-OH is 1. The van der Waals surface area contributed by atoms with Crippen LogP contribution in [-0.4, -0.2) is 37.0 Å². The summed E-state index contributed by atoms with van der Waals surface area (Å²) in [6, 6.07) is 0. The Kier molecular flexibility index (Phi) is 30.7. The van der Waals surface area contributed by atoms with E-state index in [4.69, 9.17) is 9.47 Å². The first-order valence-electron chi connectivity index (χ1n) is 15.9. The van der Waals surface area contributed by atoms with Crippen molar-refractivity contribution in [1.82, 2.24) is 0 Å². The zero-order chi connectivity index (χ0) is 28.5. The van der Waals surface area contributed by atoms with Crippen LogP contribution in [0.15, 0.2) is 60.8 Å². The Bertz CT molecular complexity index is 660. The summed E-state index contributed by atoms with van der Waals surface area (Å²) in [6.07, 6.45) is 41.1. The molecule has 0 fully saturated rings. The fraction of sp³-hybridized carbons (Fsp3) is 0.686. The maximum Gasteiger partial charge on any atom is 0.306 e. The van der Waals surface area contributed by atoms with E-state index in [0.717, 1.165) is 64.2 Å². The molecular formula is C35H60O4. The minimum Gasteiger partial charge on any atom is -0.457 e. The normalized spacial score (nSPS) is 13.2. The van der Waals surface area contributed by atoms with Crippen LogP contribution in [0.5, 0.6) is 0 Å². The Hall–Kier alpha value is -1.91. The first-order valence-corrected chi connectivity index (χ1v) is 15.9. The summed E-state index contributed by atoms with van der Waals surface area (Å²) in [4.78, 5) is 12.1. The van der Waals surface area contributed by atoms with Gasteiger partial charge in [0.05, 0.1) is 13.2 Å². The van der Waals surface area contributed by atoms with Gasteiger partial charge < -0.3 is 14.6 Å². The lowest BCUT2D eigenvalue weighted by molar-refractivity contribution is -0.154. The van der Waals surface area contributed by atoms with Gasteiger partial charge in [0.1, 0.15) is 6.10 Å². The van der Waals surface area contributed by atoms with Gasteiger partial charge >= 0.3 is 5.97 Å². The second kappa shape index (κ2) is 32.3. The number of hydrogen-bond donors (Lipinski definition) is 1. The van der Waals surface area contributed by atoms with Crippen LogP contribution in [0.4, 0.5) is 0 Å². The Morgan fingerprint density at radius 2 is 1.15 bits per heavy atom. The predicted molar refractivity (Wildman–Crippen MR) is 168 cm³/mol. The van der Waals surface area contributed by atoms with Gasteiger partial charge in [-0.1, -0.05) is 126 Å². The molecule has 0 saturated heterocycles. The molecule has 0 heterocycles. The van der Waals surface area contributed by atoms with E-state index in [1.807, 2.05) is 0 Å². The lowest BCUT2D eigenvalue weighted by atomic mass is 10.1. The molecule has 0 aromatic carbocycles. The van der Waals surface area contributed by atoms with Crippen LogP contribution in [0.3, 0.4) is 0 Å². The van der Waals surface area contributed by atoms with Gasteiger partial charge in [0.15, 0.2) is 0 Å². The van der Waals surface area contributed by atoms with Crippen molar-refractivity contribution in [3.63, 3.8) is 0 Å². The minimum absolute atomic E-state index is 0.187. The van der Waals surface area contributed by atoms with Crippen molar-refractivity contribution in [1.29, 1.82) is 0 Å². The zero-order valence-electron chi connectivity index (χ0n) is 25.4. The molecule has 0 bridgehead atoms. The molecule has 0 aliphatic rings. The lowest BCUT2D eigenvalue weighted by Crippen LogP contribution is -2.27. The van der Waals surface area contributed by atoms with Crippen molar-refractivity contribution >= 4 is 5.97 Å². The molecule has 39 heavy (non-hydrogen) atoms. The number of carbonyl (C=O) groups excluding carboxylic acids is 1. The molecule has 0 spiro atoms. The maximum atomic E-state index is 12.1. The summed E-state index contributed by atoms with van der Waals surface area (Å²) in [5, 5.41) is 9.48. The smallest absolute Gasteiger partial charge is 0.306 e. The van der Waals surface area contributed by atoms with Gasteiger partial charge in [0.25, 0.3) is 0 Å². The van der Waals surface area contributed by atoms with E-state index in [9.17, 15) is 9.90 Å². The maximum absolute atomic E-state index is 12.1. The monoisotopic (exact) mass is 544 g/mol. The van der Waals surface area contributed by atoms with Gasteiger partial charge in [-0.3, -0.25) is 4.79 Å². The summed E-state index contributed by atoms with van der Waals surface area (Å²) in [5.41, 5.74) is 0. The lowest BCUT2D eigenvalue weighted by Gasteiger charge is -2.15. The first-order chi connectivity index (χ1) is 19.2. The Morgan fingerprint density at radius 3 is 1.72 bits per heavy atom. The molecule has 0 saturated carbocycles. The van der Waals surface area contributed by atoms with Crippen molar-refractivity contribution in [2.75, 3.05) is 19.8 Å². The molecule has 4 heteroatoms. The fourth-order valence-electron chi connectivity index (χ4n) is 4.00. The van der Waals surface area contributed by atoms with E-state index >= 15 is 0 Å². The molecule has 0 radical (unpaired) electrons. The SMILES string of the molecule is CC/C=C\C/C=C\C/C=C\C/C=C\C/C=C\CCCCCC(=O)OC(CO)COCCCCCCCCCC. The van der Waals surface area contributed by atoms with E-state index in [2.05, 4.69) is 74.6 Å². The molecule has 1 unspecified atom stereocenters. The van der Waals surface area contributed by atoms with Gasteiger partial charge in [-0.05, 0) is 57.8 Å². The van der Waals surface area contributed by atoms with Crippen LogP contribution in [0.2, 0.25) is 0 Å². The van der Waals surface area contributed by atoms with Crippen LogP contribution >= 0.6 is 0 Å². The van der Waals surface area contributed by atoms with Gasteiger partial charge in [-0.2, -0.15) is 0 Å². The third-order valence-electron chi connectivity index (χ3n) is 6.36. The van der Waals surface area contributed by atoms with Gasteiger partial charge in [0.2, 0.25) is 0 Å². The molecule has 1 atom stereocenters. The molecule has 1 N–H and O–H groups in total. The predicted octanol–water partition coefficient (Wildman–Crippen LogP) is 9.75. The third-order valence-corrected chi connectivity index (χ3v) is 6.36. The van der Waals surface area contributed by atoms with Crippen molar-refractivity contribution in [3.8, 4) is 0 Å². The average Bonchev–Trinajstić information content (AvgIpc) is 2.94. The quantitative estimate of drug-likeness (QED) is 0.0605. The van der Waals surface area contributed by atoms with Crippen LogP contribution in [0, 0.1) is 0 Å². The number of ether oxygens (including phenoxy) is 2. The van der Waals surface area contributed by atoms with Crippen LogP contribution in [0.1, 0.15) is 129 Å². The Balaban J connectivity index is 3.60. The summed E-state index contributed by atoms with van der Waals surface area (Å²) in [5.74, 6) is -0.236. The average molecular weight is 545 g/mol. The van der Waals surface area contributed by atoms with E-state index in [1.165, 1.54) is 44.9 Å². The highest BCUT2D eigenvalue weighted by Gasteiger charge is 2.13. The summed E-state index contributed by atoms with van der Waals surface area (Å²) < 4.78 is 11.0. The van der Waals surface area contributed by atoms with Crippen molar-refractivity contribution < 1.29 is 19.4 Å². The number of aliphatic hydroxyl groups is 1. The second-order valence-electron chi connectivity index (χ2n) is 10.2. The van der Waals surface area contributed by atoms with E-state index in [-0.39, 0.29) is 19.2 Å². The molecule has 0 aromatic rings. The highest BCUT2D eigenvalue weighted by molar-refractivity contribution is 5.69. The second-order valence-corrected chi connectivity index (χ2v) is 10.2. The molecule has 4 nitrogen and oxygen atoms in total. The molecule has 224 valence electrons. The number of esters is 1. The van der Waals surface area contributed by atoms with Crippen LogP contribution in [-0.2, 0) is 14.3 Å². The van der Waals surface area contributed by atoms with Gasteiger partial charge in [-0.25, -0.2) is 0 Å². The Morgan fingerprint density at radius 1 is 0.641 bits per heavy atom. The van der Waals surface area contributed by atoms with E-state index in [0.29, 0.717) is 13.0 Å². The Labute approximate surface area is 241 Å². The largest absolute Gasteiger partial charge is 0.457 e. The molecule has 0 aliphatic heterocycles. The van der Waals surface area contributed by atoms with E-state index < -0.39 is 6.10 Å². The van der Waals surface area contributed by atoms with Crippen LogP contribution < -0.4 is 0 Å². The number of hydrogen-bond acceptors (Lipinski definition) is 4. The van der Waals surface area contributed by atoms with Gasteiger partial charge in [0, 0.05) is 13.0 Å². The topological polar surface area (TPSA) is 55.8 Å². The summed E-state index contributed by atoms with van der Waals surface area (Å²) >= 11 is 0. The molecule has 0 rings (SSSR count). The highest BCUT2D eigenvalue weighted by Crippen LogP contribution is 2.09. The van der Waals surface area contributed by atoms with Crippen molar-refractivity contribution in [2.24, 2.45) is 0 Å². The third kappa shape index (κ3) is 30.5. The summed E-state index contributed by atoms with van der Waals surface area (Å²) in [7, 11) is 0. The molecule has 0 amide bonds. The van der Waals surface area contributed by atoms with Crippen LogP contribution in [0.25, 0.3) is 0 Å². The number of unbranched alkanes of at least 4 members (excludes halogenated alkanes) is 10. The molecule has 0 aliphatic carbocycles. The minimum atomic E-state index is -0.548. The number of rotatable bonds is 28. The zero-order valence-corrected chi connectivity index (χ0v) is 25.4.